The van der Waals surface area contributed by atoms with Crippen molar-refractivity contribution in [3.8, 4) is 0 Å². The fraction of sp³-hybridized carbons (Fsp3) is 0.944. The van der Waals surface area contributed by atoms with Gasteiger partial charge in [0.15, 0.2) is 0 Å². The van der Waals surface area contributed by atoms with Crippen molar-refractivity contribution in [3.05, 3.63) is 0 Å². The predicted octanol–water partition coefficient (Wildman–Crippen LogP) is 1.82. The zero-order valence-electron chi connectivity index (χ0n) is 18.3. The second-order valence-electron chi connectivity index (χ2n) is 6.50. The van der Waals surface area contributed by atoms with Crippen molar-refractivity contribution in [2.24, 2.45) is 0 Å². The molecule has 0 aromatic heterocycles. The van der Waals surface area contributed by atoms with Crippen LogP contribution in [0.15, 0.2) is 0 Å². The molecule has 2 unspecified atom stereocenters. The van der Waals surface area contributed by atoms with Crippen LogP contribution < -0.4 is 29.6 Å². The molecule has 0 aromatic rings. The van der Waals surface area contributed by atoms with Gasteiger partial charge in [-0.25, -0.2) is 0 Å². The quantitative estimate of drug-likeness (QED) is 0.134. The van der Waals surface area contributed by atoms with Gasteiger partial charge in [-0.15, -0.1) is 0 Å². The maximum atomic E-state index is 10.3. The molecule has 0 aromatic carbocycles. The van der Waals surface area contributed by atoms with Crippen molar-refractivity contribution >= 4 is 26.2 Å². The second kappa shape index (κ2) is 33.9. The Morgan fingerprint density at radius 2 is 0.931 bits per heavy atom. The SMILES string of the molecule is CCCCCCCCCCCCCCCCCC(=O)O.O=S([O-])S(=O)[O-].[Na+].[OH-].[Zn+2]. The molecule has 0 aliphatic carbocycles. The van der Waals surface area contributed by atoms with Crippen LogP contribution in [0.1, 0.15) is 110 Å². The van der Waals surface area contributed by atoms with Gasteiger partial charge >= 0.3 is 55.0 Å². The average molecular weight is 518 g/mol. The molecule has 0 bridgehead atoms. The van der Waals surface area contributed by atoms with Gasteiger partial charge in [0.2, 0.25) is 0 Å². The minimum atomic E-state index is -2.95. The Morgan fingerprint density at radius 1 is 0.690 bits per heavy atom. The first-order valence-electron chi connectivity index (χ1n) is 9.82. The van der Waals surface area contributed by atoms with E-state index in [9.17, 15) is 4.79 Å². The van der Waals surface area contributed by atoms with Gasteiger partial charge in [-0.3, -0.25) is 13.2 Å². The summed E-state index contributed by atoms with van der Waals surface area (Å²) in [5, 5.41) is 8.52. The fourth-order valence-electron chi connectivity index (χ4n) is 2.65. The molecule has 0 aliphatic heterocycles. The molecule has 2 N–H and O–H groups in total. The minimum Gasteiger partial charge on any atom is -0.870 e. The number of unbranched alkanes of at least 4 members (excludes halogenated alkanes) is 14. The Kier molecular flexibility index (Phi) is 47.5. The molecular weight excluding hydrogens is 481 g/mol. The number of aliphatic carboxylic acids is 1. The van der Waals surface area contributed by atoms with Crippen LogP contribution in [-0.2, 0) is 44.5 Å². The smallest absolute Gasteiger partial charge is 0.870 e. The number of rotatable bonds is 17. The first-order valence-corrected chi connectivity index (χ1v) is 12.5. The van der Waals surface area contributed by atoms with Crippen molar-refractivity contribution in [2.45, 2.75) is 110 Å². The molecule has 11 heteroatoms. The zero-order valence-corrected chi connectivity index (χ0v) is 24.9. The standard InChI is InChI=1S/C18H36O2.Na.H2O4S2.H2O.Zn/c1-2-3-4-5-6-7-8-9-10-11-12-13-14-15-16-17-18(19)20;;1-5(2)6(3)4;;/h2-17H2,1H3,(H,19,20);;(H,1,2)(H,3,4);1H2;/q;+1;;;+2/p-3. The van der Waals surface area contributed by atoms with Crippen LogP contribution in [0.5, 0.6) is 0 Å². The van der Waals surface area contributed by atoms with Crippen LogP contribution in [0.4, 0.5) is 0 Å². The van der Waals surface area contributed by atoms with E-state index in [2.05, 4.69) is 6.92 Å². The molecule has 166 valence electrons. The van der Waals surface area contributed by atoms with Gasteiger partial charge in [0.25, 0.3) is 0 Å². The van der Waals surface area contributed by atoms with Crippen molar-refractivity contribution < 1.29 is 81.9 Å². The number of hydrogen-bond donors (Lipinski definition) is 1. The van der Waals surface area contributed by atoms with E-state index in [4.69, 9.17) is 22.6 Å². The van der Waals surface area contributed by atoms with Gasteiger partial charge in [0.1, 0.15) is 0 Å². The number of hydrogen-bond acceptors (Lipinski definition) is 6. The summed E-state index contributed by atoms with van der Waals surface area (Å²) in [6.07, 6.45) is 20.2. The molecule has 0 saturated carbocycles. The van der Waals surface area contributed by atoms with E-state index in [1.54, 1.807) is 0 Å². The van der Waals surface area contributed by atoms with Crippen molar-refractivity contribution in [2.75, 3.05) is 0 Å². The normalized spacial score (nSPS) is 11.6. The summed E-state index contributed by atoms with van der Waals surface area (Å²) in [6.45, 7) is 2.27. The van der Waals surface area contributed by atoms with Gasteiger partial charge in [0, 0.05) is 26.6 Å². The summed E-state index contributed by atoms with van der Waals surface area (Å²) >= 11 is 0. The third-order valence-corrected chi connectivity index (χ3v) is 4.99. The van der Waals surface area contributed by atoms with Crippen LogP contribution >= 0.6 is 0 Å². The van der Waals surface area contributed by atoms with Crippen molar-refractivity contribution in [1.29, 1.82) is 0 Å². The first kappa shape index (κ1) is 40.6. The molecule has 7 nitrogen and oxygen atoms in total. The maximum Gasteiger partial charge on any atom is 2.00 e. The summed E-state index contributed by atoms with van der Waals surface area (Å²) in [5.74, 6) is -0.653. The molecule has 0 aliphatic rings. The van der Waals surface area contributed by atoms with E-state index in [1.807, 2.05) is 0 Å². The van der Waals surface area contributed by atoms with Gasteiger partial charge in [-0.1, -0.05) is 96.8 Å². The monoisotopic (exact) mass is 516 g/mol. The number of carboxylic acid groups (broad SMARTS) is 1. The van der Waals surface area contributed by atoms with E-state index in [1.165, 1.54) is 83.5 Å². The Bertz CT molecular complexity index is 366. The van der Waals surface area contributed by atoms with Crippen molar-refractivity contribution in [3.63, 3.8) is 0 Å². The third kappa shape index (κ3) is 43.9. The minimum absolute atomic E-state index is 0. The van der Waals surface area contributed by atoms with Crippen LogP contribution in [0.25, 0.3) is 0 Å². The Hall–Kier alpha value is 1.27. The number of carboxylic acids is 1. The first-order chi connectivity index (χ1) is 12.4. The molecular formula is C18H37NaO7S2Zn. The van der Waals surface area contributed by atoms with E-state index >= 15 is 0 Å². The molecule has 0 spiro atoms. The Balaban J connectivity index is -0.000000186. The van der Waals surface area contributed by atoms with Gasteiger partial charge in [-0.05, 0) is 6.42 Å². The van der Waals surface area contributed by atoms with E-state index in [0.717, 1.165) is 12.8 Å². The van der Waals surface area contributed by atoms with E-state index in [0.29, 0.717) is 6.42 Å². The third-order valence-electron chi connectivity index (χ3n) is 4.11. The van der Waals surface area contributed by atoms with E-state index < -0.39 is 26.2 Å². The van der Waals surface area contributed by atoms with Crippen LogP contribution in [-0.4, -0.2) is 34.1 Å². The van der Waals surface area contributed by atoms with Crippen LogP contribution in [0.3, 0.4) is 0 Å². The fourth-order valence-corrected chi connectivity index (χ4v) is 2.65. The molecule has 0 rings (SSSR count). The molecule has 0 amide bonds. The molecule has 0 radical (unpaired) electrons. The van der Waals surface area contributed by atoms with Gasteiger partial charge in [-0.2, -0.15) is 0 Å². The summed E-state index contributed by atoms with van der Waals surface area (Å²) in [6, 6.07) is 0. The summed E-state index contributed by atoms with van der Waals surface area (Å²) in [7, 11) is -5.90. The van der Waals surface area contributed by atoms with Gasteiger partial charge < -0.3 is 19.7 Å². The molecule has 29 heavy (non-hydrogen) atoms. The Labute approximate surface area is 216 Å². The maximum absolute atomic E-state index is 10.3. The van der Waals surface area contributed by atoms with Crippen molar-refractivity contribution in [1.82, 2.24) is 0 Å². The molecule has 0 fully saturated rings. The predicted molar refractivity (Wildman–Crippen MR) is 107 cm³/mol. The second-order valence-corrected chi connectivity index (χ2v) is 8.95. The topological polar surface area (TPSA) is 148 Å². The molecule has 0 saturated heterocycles. The summed E-state index contributed by atoms with van der Waals surface area (Å²) < 4.78 is 36.3. The van der Waals surface area contributed by atoms with Crippen LogP contribution in [0, 0.1) is 0 Å². The summed E-state index contributed by atoms with van der Waals surface area (Å²) in [5.41, 5.74) is 0. The Morgan fingerprint density at radius 3 is 1.14 bits per heavy atom. The van der Waals surface area contributed by atoms with E-state index in [-0.39, 0.29) is 54.5 Å². The summed E-state index contributed by atoms with van der Waals surface area (Å²) in [4.78, 5) is 10.3. The molecule has 2 atom stereocenters. The van der Waals surface area contributed by atoms with Crippen LogP contribution in [0.2, 0.25) is 0 Å². The molecule has 0 heterocycles. The number of carbonyl (C=O) groups is 1. The largest absolute Gasteiger partial charge is 2.00 e. The zero-order chi connectivity index (χ0) is 20.0. The average Bonchev–Trinajstić information content (AvgIpc) is 2.58. The van der Waals surface area contributed by atoms with Gasteiger partial charge in [0.05, 0.1) is 0 Å².